The van der Waals surface area contributed by atoms with Crippen LogP contribution in [0.4, 0.5) is 0 Å². The topological polar surface area (TPSA) is 22.0 Å². The van der Waals surface area contributed by atoms with Gasteiger partial charge in [-0.25, -0.2) is 0 Å². The van der Waals surface area contributed by atoms with Crippen LogP contribution in [0.5, 0.6) is 0 Å². The highest BCUT2D eigenvalue weighted by Gasteiger charge is 2.09. The van der Waals surface area contributed by atoms with Crippen LogP contribution in [0.25, 0.3) is 0 Å². The highest BCUT2D eigenvalue weighted by Crippen LogP contribution is 2.13. The van der Waals surface area contributed by atoms with Gasteiger partial charge in [-0.05, 0) is 23.8 Å². The molecule has 0 aliphatic heterocycles. The Kier molecular flexibility index (Phi) is 4.95. The summed E-state index contributed by atoms with van der Waals surface area (Å²) in [6, 6.07) is 3.79. The van der Waals surface area contributed by atoms with Crippen molar-refractivity contribution in [3.05, 3.63) is 24.0 Å². The van der Waals surface area contributed by atoms with Gasteiger partial charge in [-0.1, -0.05) is 20.3 Å². The lowest BCUT2D eigenvalue weighted by atomic mass is 10.2. The number of hydrogen-bond acceptors (Lipinski definition) is 2. The zero-order chi connectivity index (χ0) is 11.3. The smallest absolute Gasteiger partial charge is 0.189 e. The molecule has 0 fully saturated rings. The second-order valence-electron chi connectivity index (χ2n) is 3.96. The molecule has 1 heterocycles. The summed E-state index contributed by atoms with van der Waals surface area (Å²) in [6.07, 6.45) is 3.10. The van der Waals surface area contributed by atoms with E-state index in [0.29, 0.717) is 11.7 Å². The number of thioether (sulfide) groups is 1. The number of aryl methyl sites for hydroxylation is 1. The summed E-state index contributed by atoms with van der Waals surface area (Å²) < 4.78 is 1.88. The van der Waals surface area contributed by atoms with Crippen LogP contribution >= 0.6 is 11.8 Å². The maximum absolute atomic E-state index is 11.8. The second kappa shape index (κ2) is 6.01. The molecule has 0 N–H and O–H groups in total. The molecule has 3 heteroatoms. The summed E-state index contributed by atoms with van der Waals surface area (Å²) in [5.41, 5.74) is 0.812. The maximum atomic E-state index is 11.8. The van der Waals surface area contributed by atoms with Crippen molar-refractivity contribution in [2.75, 3.05) is 11.5 Å². The predicted molar refractivity (Wildman–Crippen MR) is 66.5 cm³/mol. The van der Waals surface area contributed by atoms with E-state index < -0.39 is 0 Å². The Balaban J connectivity index is 2.34. The zero-order valence-corrected chi connectivity index (χ0v) is 10.5. The van der Waals surface area contributed by atoms with E-state index in [0.717, 1.165) is 11.4 Å². The minimum absolute atomic E-state index is 0.232. The fourth-order valence-corrected chi connectivity index (χ4v) is 2.38. The molecule has 1 atom stereocenters. The molecule has 1 unspecified atom stereocenters. The first-order chi connectivity index (χ1) is 7.15. The summed E-state index contributed by atoms with van der Waals surface area (Å²) in [6.45, 7) is 4.41. The number of hydrogen-bond donors (Lipinski definition) is 0. The molecule has 0 radical (unpaired) electrons. The van der Waals surface area contributed by atoms with Gasteiger partial charge >= 0.3 is 0 Å². The molecule has 0 bridgehead atoms. The third-order valence-electron chi connectivity index (χ3n) is 2.56. The molecule has 0 aromatic carbocycles. The summed E-state index contributed by atoms with van der Waals surface area (Å²) in [5.74, 6) is 2.61. The fourth-order valence-electron chi connectivity index (χ4n) is 1.30. The number of Topliss-reactive ketones (excluding diaryl/α,β-unsaturated/α-hetero) is 1. The third-order valence-corrected chi connectivity index (χ3v) is 3.83. The molecule has 0 aliphatic carbocycles. The van der Waals surface area contributed by atoms with Crippen LogP contribution in [-0.2, 0) is 7.05 Å². The number of nitrogens with zero attached hydrogens (tertiary/aromatic N) is 1. The van der Waals surface area contributed by atoms with Gasteiger partial charge in [0.1, 0.15) is 0 Å². The molecule has 1 aromatic heterocycles. The Morgan fingerprint density at radius 3 is 2.87 bits per heavy atom. The van der Waals surface area contributed by atoms with Gasteiger partial charge in [-0.2, -0.15) is 11.8 Å². The Bertz CT molecular complexity index is 319. The van der Waals surface area contributed by atoms with E-state index in [4.69, 9.17) is 0 Å². The van der Waals surface area contributed by atoms with Gasteiger partial charge in [0.15, 0.2) is 5.78 Å². The summed E-state index contributed by atoms with van der Waals surface area (Å²) in [7, 11) is 1.91. The minimum atomic E-state index is 0.232. The van der Waals surface area contributed by atoms with Crippen molar-refractivity contribution in [1.82, 2.24) is 4.57 Å². The normalized spacial score (nSPS) is 12.7. The zero-order valence-electron chi connectivity index (χ0n) is 9.69. The van der Waals surface area contributed by atoms with Gasteiger partial charge in [-0.15, -0.1) is 0 Å². The molecule has 84 valence electrons. The van der Waals surface area contributed by atoms with Gasteiger partial charge < -0.3 is 4.57 Å². The second-order valence-corrected chi connectivity index (χ2v) is 4.99. The molecule has 0 spiro atoms. The Morgan fingerprint density at radius 2 is 2.33 bits per heavy atom. The average Bonchev–Trinajstić information content (AvgIpc) is 2.64. The van der Waals surface area contributed by atoms with Crippen molar-refractivity contribution < 1.29 is 4.79 Å². The molecule has 1 rings (SSSR count). The molecule has 15 heavy (non-hydrogen) atoms. The van der Waals surface area contributed by atoms with E-state index in [1.807, 2.05) is 29.9 Å². The van der Waals surface area contributed by atoms with Crippen molar-refractivity contribution in [3.63, 3.8) is 0 Å². The number of aromatic nitrogens is 1. The average molecular weight is 225 g/mol. The summed E-state index contributed by atoms with van der Waals surface area (Å²) >= 11 is 1.74. The molecule has 0 saturated carbocycles. The first kappa shape index (κ1) is 12.4. The Morgan fingerprint density at radius 1 is 1.60 bits per heavy atom. The Labute approximate surface area is 96.1 Å². The number of carbonyl (C=O) groups is 1. The van der Waals surface area contributed by atoms with Crippen LogP contribution in [0, 0.1) is 5.92 Å². The predicted octanol–water partition coefficient (Wildman–Crippen LogP) is 2.99. The quantitative estimate of drug-likeness (QED) is 0.694. The van der Waals surface area contributed by atoms with E-state index in [1.165, 1.54) is 6.42 Å². The van der Waals surface area contributed by atoms with E-state index in [-0.39, 0.29) is 5.78 Å². The molecule has 0 aliphatic rings. The van der Waals surface area contributed by atoms with Crippen molar-refractivity contribution in [2.45, 2.75) is 20.3 Å². The summed E-state index contributed by atoms with van der Waals surface area (Å²) in [4.78, 5) is 11.8. The van der Waals surface area contributed by atoms with E-state index in [2.05, 4.69) is 13.8 Å². The number of carbonyl (C=O) groups excluding carboxylic acids is 1. The van der Waals surface area contributed by atoms with Crippen LogP contribution in [-0.4, -0.2) is 21.9 Å². The molecule has 2 nitrogen and oxygen atoms in total. The van der Waals surface area contributed by atoms with E-state index in [1.54, 1.807) is 11.8 Å². The first-order valence-electron chi connectivity index (χ1n) is 5.37. The highest BCUT2D eigenvalue weighted by atomic mass is 32.2. The first-order valence-corrected chi connectivity index (χ1v) is 6.53. The van der Waals surface area contributed by atoms with E-state index in [9.17, 15) is 4.79 Å². The monoisotopic (exact) mass is 225 g/mol. The van der Waals surface area contributed by atoms with Gasteiger partial charge in [0.2, 0.25) is 0 Å². The highest BCUT2D eigenvalue weighted by molar-refractivity contribution is 7.99. The van der Waals surface area contributed by atoms with Gasteiger partial charge in [-0.3, -0.25) is 4.79 Å². The lowest BCUT2D eigenvalue weighted by Crippen LogP contribution is -2.09. The van der Waals surface area contributed by atoms with Gasteiger partial charge in [0.25, 0.3) is 0 Å². The lowest BCUT2D eigenvalue weighted by molar-refractivity contribution is 0.101. The number of rotatable bonds is 6. The molecule has 0 amide bonds. The number of ketones is 1. The van der Waals surface area contributed by atoms with Crippen LogP contribution in [0.3, 0.4) is 0 Å². The van der Waals surface area contributed by atoms with Crippen molar-refractivity contribution in [1.29, 1.82) is 0 Å². The third kappa shape index (κ3) is 3.74. The molecular formula is C12H19NOS. The fraction of sp³-hybridized carbons (Fsp3) is 0.583. The van der Waals surface area contributed by atoms with Crippen LogP contribution in [0.1, 0.15) is 30.8 Å². The molecule has 0 saturated heterocycles. The van der Waals surface area contributed by atoms with Crippen LogP contribution in [0.15, 0.2) is 18.3 Å². The SMILES string of the molecule is CCC(C)CSCC(=O)c1cccn1C. The van der Waals surface area contributed by atoms with Crippen molar-refractivity contribution in [2.24, 2.45) is 13.0 Å². The van der Waals surface area contributed by atoms with Crippen LogP contribution < -0.4 is 0 Å². The molecule has 1 aromatic rings. The molecular weight excluding hydrogens is 206 g/mol. The maximum Gasteiger partial charge on any atom is 0.189 e. The summed E-state index contributed by atoms with van der Waals surface area (Å²) in [5, 5.41) is 0. The minimum Gasteiger partial charge on any atom is -0.348 e. The Hall–Kier alpha value is -0.700. The lowest BCUT2D eigenvalue weighted by Gasteiger charge is -2.07. The van der Waals surface area contributed by atoms with Crippen molar-refractivity contribution >= 4 is 17.5 Å². The van der Waals surface area contributed by atoms with Crippen molar-refractivity contribution in [3.8, 4) is 0 Å². The van der Waals surface area contributed by atoms with Gasteiger partial charge in [0.05, 0.1) is 11.4 Å². The van der Waals surface area contributed by atoms with Crippen LogP contribution in [0.2, 0.25) is 0 Å². The standard InChI is InChI=1S/C12H19NOS/c1-4-10(2)8-15-9-12(14)11-6-5-7-13(11)3/h5-7,10H,4,8-9H2,1-3H3. The largest absolute Gasteiger partial charge is 0.348 e. The van der Waals surface area contributed by atoms with Gasteiger partial charge in [0, 0.05) is 13.2 Å². The van der Waals surface area contributed by atoms with E-state index >= 15 is 0 Å².